The molecule has 0 fully saturated rings. The molecule has 4 nitrogen and oxygen atoms in total. The van der Waals surface area contributed by atoms with Crippen molar-refractivity contribution in [3.05, 3.63) is 42.2 Å². The van der Waals surface area contributed by atoms with Crippen molar-refractivity contribution in [3.63, 3.8) is 0 Å². The van der Waals surface area contributed by atoms with Crippen LogP contribution >= 0.6 is 0 Å². The molecule has 0 saturated carbocycles. The fraction of sp³-hybridized carbons (Fsp3) is 0.250. The number of hydrogen-bond acceptors (Lipinski definition) is 3. The van der Waals surface area contributed by atoms with Gasteiger partial charge in [0.15, 0.2) is 0 Å². The maximum absolute atomic E-state index is 5.46. The van der Waals surface area contributed by atoms with Crippen molar-refractivity contribution in [3.8, 4) is 17.0 Å². The van der Waals surface area contributed by atoms with Crippen LogP contribution in [0.3, 0.4) is 0 Å². The minimum atomic E-state index is 0.641. The van der Waals surface area contributed by atoms with Gasteiger partial charge >= 0.3 is 0 Å². The molecule has 0 bridgehead atoms. The molecule has 0 unspecified atom stereocenters. The van der Waals surface area contributed by atoms with E-state index in [1.54, 1.807) is 7.11 Å². The minimum absolute atomic E-state index is 0.641. The molecule has 3 aromatic rings. The normalized spacial score (nSPS) is 10.9. The Morgan fingerprint density at radius 2 is 2.00 bits per heavy atom. The Kier molecular flexibility index (Phi) is 3.14. The van der Waals surface area contributed by atoms with Gasteiger partial charge in [-0.1, -0.05) is 18.2 Å². The molecule has 0 amide bonds. The third kappa shape index (κ3) is 2.03. The fourth-order valence-electron chi connectivity index (χ4n) is 2.39. The lowest BCUT2D eigenvalue weighted by molar-refractivity contribution is 0.401. The van der Waals surface area contributed by atoms with Crippen molar-refractivity contribution >= 4 is 10.9 Å². The van der Waals surface area contributed by atoms with Crippen LogP contribution in [0.2, 0.25) is 0 Å². The van der Waals surface area contributed by atoms with Gasteiger partial charge in [-0.05, 0) is 26.0 Å². The summed E-state index contributed by atoms with van der Waals surface area (Å²) in [7, 11) is 1.65. The molecule has 0 saturated heterocycles. The predicted octanol–water partition coefficient (Wildman–Crippen LogP) is 3.44. The first kappa shape index (κ1) is 12.7. The molecule has 0 radical (unpaired) electrons. The van der Waals surface area contributed by atoms with E-state index in [4.69, 9.17) is 4.74 Å². The molecule has 102 valence electrons. The van der Waals surface area contributed by atoms with E-state index < -0.39 is 0 Å². The smallest absolute Gasteiger partial charge is 0.221 e. The van der Waals surface area contributed by atoms with Crippen LogP contribution in [0.25, 0.3) is 22.0 Å². The standard InChI is InChI=1S/C16H17N3O/c1-4-19-10-14(11(2)18-19)13-9-12-7-5-6-8-15(12)17-16(13)20-3/h5-10H,4H2,1-3H3. The molecular weight excluding hydrogens is 250 g/mol. The van der Waals surface area contributed by atoms with Gasteiger partial charge in [-0.3, -0.25) is 4.68 Å². The van der Waals surface area contributed by atoms with E-state index in [0.717, 1.165) is 34.3 Å². The monoisotopic (exact) mass is 267 g/mol. The number of pyridine rings is 1. The summed E-state index contributed by atoms with van der Waals surface area (Å²) >= 11 is 0. The second kappa shape index (κ2) is 4.96. The quantitative estimate of drug-likeness (QED) is 0.730. The Morgan fingerprint density at radius 3 is 2.70 bits per heavy atom. The van der Waals surface area contributed by atoms with Crippen molar-refractivity contribution in [1.82, 2.24) is 14.8 Å². The molecule has 0 spiro atoms. The number of benzene rings is 1. The average Bonchev–Trinajstić information content (AvgIpc) is 2.86. The van der Waals surface area contributed by atoms with Crippen LogP contribution in [0.1, 0.15) is 12.6 Å². The predicted molar refractivity (Wildman–Crippen MR) is 79.9 cm³/mol. The summed E-state index contributed by atoms with van der Waals surface area (Å²) in [6.45, 7) is 4.94. The van der Waals surface area contributed by atoms with E-state index in [1.807, 2.05) is 36.0 Å². The highest BCUT2D eigenvalue weighted by Crippen LogP contribution is 2.33. The van der Waals surface area contributed by atoms with Gasteiger partial charge in [-0.25, -0.2) is 4.98 Å². The number of ether oxygens (including phenoxy) is 1. The molecule has 3 rings (SSSR count). The number of nitrogens with zero attached hydrogens (tertiary/aromatic N) is 3. The summed E-state index contributed by atoms with van der Waals surface area (Å²) < 4.78 is 7.39. The van der Waals surface area contributed by atoms with Gasteiger partial charge in [0.2, 0.25) is 5.88 Å². The molecule has 0 atom stereocenters. The highest BCUT2D eigenvalue weighted by molar-refractivity contribution is 5.86. The van der Waals surface area contributed by atoms with Crippen LogP contribution < -0.4 is 4.74 Å². The van der Waals surface area contributed by atoms with Crippen LogP contribution in [0.15, 0.2) is 36.5 Å². The Labute approximate surface area is 118 Å². The van der Waals surface area contributed by atoms with E-state index in [1.165, 1.54) is 0 Å². The van der Waals surface area contributed by atoms with Crippen LogP contribution in [0.5, 0.6) is 5.88 Å². The van der Waals surface area contributed by atoms with E-state index in [-0.39, 0.29) is 0 Å². The van der Waals surface area contributed by atoms with Gasteiger partial charge < -0.3 is 4.74 Å². The van der Waals surface area contributed by atoms with Gasteiger partial charge in [-0.2, -0.15) is 5.10 Å². The van der Waals surface area contributed by atoms with Crippen molar-refractivity contribution < 1.29 is 4.74 Å². The zero-order chi connectivity index (χ0) is 14.1. The molecule has 2 heterocycles. The topological polar surface area (TPSA) is 39.9 Å². The average molecular weight is 267 g/mol. The van der Waals surface area contributed by atoms with Crippen molar-refractivity contribution in [2.24, 2.45) is 0 Å². The summed E-state index contributed by atoms with van der Waals surface area (Å²) in [5.41, 5.74) is 3.99. The first-order chi connectivity index (χ1) is 9.72. The Bertz CT molecular complexity index is 762. The van der Waals surface area contributed by atoms with Crippen molar-refractivity contribution in [2.75, 3.05) is 7.11 Å². The lowest BCUT2D eigenvalue weighted by atomic mass is 10.1. The number of rotatable bonds is 3. The van der Waals surface area contributed by atoms with Gasteiger partial charge in [0.1, 0.15) is 0 Å². The molecule has 20 heavy (non-hydrogen) atoms. The van der Waals surface area contributed by atoms with Crippen LogP contribution in [0.4, 0.5) is 0 Å². The molecule has 0 aliphatic carbocycles. The zero-order valence-electron chi connectivity index (χ0n) is 11.9. The fourth-order valence-corrected chi connectivity index (χ4v) is 2.39. The zero-order valence-corrected chi connectivity index (χ0v) is 11.9. The second-order valence-corrected chi connectivity index (χ2v) is 4.72. The number of aryl methyl sites for hydroxylation is 2. The first-order valence-electron chi connectivity index (χ1n) is 6.71. The molecule has 0 aliphatic rings. The molecular formula is C16H17N3O. The second-order valence-electron chi connectivity index (χ2n) is 4.72. The Balaban J connectivity index is 2.25. The molecule has 1 aromatic carbocycles. The molecule has 0 aliphatic heterocycles. The maximum atomic E-state index is 5.46. The first-order valence-corrected chi connectivity index (χ1v) is 6.71. The van der Waals surface area contributed by atoms with E-state index >= 15 is 0 Å². The highest BCUT2D eigenvalue weighted by atomic mass is 16.5. The summed E-state index contributed by atoms with van der Waals surface area (Å²) in [4.78, 5) is 4.59. The lowest BCUT2D eigenvalue weighted by Gasteiger charge is -2.08. The van der Waals surface area contributed by atoms with Crippen LogP contribution in [-0.2, 0) is 6.54 Å². The molecule has 4 heteroatoms. The third-order valence-corrected chi connectivity index (χ3v) is 3.44. The third-order valence-electron chi connectivity index (χ3n) is 3.44. The summed E-state index contributed by atoms with van der Waals surface area (Å²) in [5.74, 6) is 0.641. The van der Waals surface area contributed by atoms with E-state index in [0.29, 0.717) is 5.88 Å². The Morgan fingerprint density at radius 1 is 1.20 bits per heavy atom. The minimum Gasteiger partial charge on any atom is -0.481 e. The Hall–Kier alpha value is -2.36. The van der Waals surface area contributed by atoms with E-state index in [2.05, 4.69) is 29.1 Å². The number of aromatic nitrogens is 3. The number of hydrogen-bond donors (Lipinski definition) is 0. The van der Waals surface area contributed by atoms with Gasteiger partial charge in [0.05, 0.1) is 18.3 Å². The number of methoxy groups -OCH3 is 1. The number of para-hydroxylation sites is 1. The van der Waals surface area contributed by atoms with Crippen molar-refractivity contribution in [2.45, 2.75) is 20.4 Å². The summed E-state index contributed by atoms with van der Waals surface area (Å²) in [6, 6.07) is 10.2. The summed E-state index contributed by atoms with van der Waals surface area (Å²) in [5, 5.41) is 5.60. The van der Waals surface area contributed by atoms with Gasteiger partial charge in [0, 0.05) is 29.3 Å². The largest absolute Gasteiger partial charge is 0.481 e. The van der Waals surface area contributed by atoms with Gasteiger partial charge in [-0.15, -0.1) is 0 Å². The van der Waals surface area contributed by atoms with E-state index in [9.17, 15) is 0 Å². The van der Waals surface area contributed by atoms with Crippen LogP contribution in [-0.4, -0.2) is 21.9 Å². The summed E-state index contributed by atoms with van der Waals surface area (Å²) in [6.07, 6.45) is 2.05. The SMILES string of the molecule is CCn1cc(-c2cc3ccccc3nc2OC)c(C)n1. The van der Waals surface area contributed by atoms with Crippen molar-refractivity contribution in [1.29, 1.82) is 0 Å². The lowest BCUT2D eigenvalue weighted by Crippen LogP contribution is -1.93. The van der Waals surface area contributed by atoms with Crippen LogP contribution in [0, 0.1) is 6.92 Å². The van der Waals surface area contributed by atoms with Gasteiger partial charge in [0.25, 0.3) is 0 Å². The number of fused-ring (bicyclic) bond motifs is 1. The molecule has 0 N–H and O–H groups in total. The maximum Gasteiger partial charge on any atom is 0.221 e. The highest BCUT2D eigenvalue weighted by Gasteiger charge is 2.14. The molecule has 2 aromatic heterocycles.